The van der Waals surface area contributed by atoms with Crippen molar-refractivity contribution in [2.45, 2.75) is 13.1 Å². The van der Waals surface area contributed by atoms with Crippen LogP contribution in [0.25, 0.3) is 0 Å². The minimum atomic E-state index is -0.779. The molecule has 3 aromatic rings. The van der Waals surface area contributed by atoms with E-state index < -0.39 is 36.3 Å². The summed E-state index contributed by atoms with van der Waals surface area (Å²) in [6.07, 6.45) is 0. The van der Waals surface area contributed by atoms with Gasteiger partial charge < -0.3 is 10.1 Å². The van der Waals surface area contributed by atoms with Gasteiger partial charge in [-0.05, 0) is 41.3 Å². The quantitative estimate of drug-likeness (QED) is 0.399. The minimum Gasteiger partial charge on any atom is -0.452 e. The van der Waals surface area contributed by atoms with Gasteiger partial charge in [0.2, 0.25) is 0 Å². The SMILES string of the molecule is O=C(COC(=O)c1cccc(CN2C(=O)c3ccccc3C2=O)c1)NC(=O)NCc1cccs1. The summed E-state index contributed by atoms with van der Waals surface area (Å²) in [4.78, 5) is 63.2. The van der Waals surface area contributed by atoms with E-state index in [9.17, 15) is 24.0 Å². The van der Waals surface area contributed by atoms with Gasteiger partial charge in [0, 0.05) is 4.88 Å². The summed E-state index contributed by atoms with van der Waals surface area (Å²) in [5.41, 5.74) is 1.37. The number of hydrogen-bond donors (Lipinski definition) is 2. The number of ether oxygens (including phenoxy) is 1. The zero-order chi connectivity index (χ0) is 24.1. The highest BCUT2D eigenvalue weighted by Gasteiger charge is 2.35. The first-order chi connectivity index (χ1) is 16.4. The fraction of sp³-hybridized carbons (Fsp3) is 0.125. The Hall–Kier alpha value is -4.31. The summed E-state index contributed by atoms with van der Waals surface area (Å²) in [6, 6.07) is 15.8. The number of esters is 1. The van der Waals surface area contributed by atoms with Crippen LogP contribution in [0.5, 0.6) is 0 Å². The Kier molecular flexibility index (Phi) is 6.79. The van der Waals surface area contributed by atoms with E-state index in [-0.39, 0.29) is 18.7 Å². The lowest BCUT2D eigenvalue weighted by Crippen LogP contribution is -2.41. The van der Waals surface area contributed by atoms with E-state index in [0.29, 0.717) is 16.7 Å². The molecule has 10 heteroatoms. The Morgan fingerprint density at radius 3 is 2.32 bits per heavy atom. The van der Waals surface area contributed by atoms with Crippen LogP contribution in [0, 0.1) is 0 Å². The van der Waals surface area contributed by atoms with Crippen LogP contribution >= 0.6 is 11.3 Å². The molecule has 34 heavy (non-hydrogen) atoms. The maximum Gasteiger partial charge on any atom is 0.338 e. The van der Waals surface area contributed by atoms with Gasteiger partial charge in [-0.2, -0.15) is 0 Å². The zero-order valence-electron chi connectivity index (χ0n) is 17.8. The number of rotatable bonds is 7. The number of urea groups is 1. The average Bonchev–Trinajstić information content (AvgIpc) is 3.45. The highest BCUT2D eigenvalue weighted by molar-refractivity contribution is 7.09. The molecule has 0 atom stereocenters. The smallest absolute Gasteiger partial charge is 0.338 e. The van der Waals surface area contributed by atoms with Crippen molar-refractivity contribution < 1.29 is 28.7 Å². The zero-order valence-corrected chi connectivity index (χ0v) is 18.6. The van der Waals surface area contributed by atoms with Gasteiger partial charge in [0.25, 0.3) is 17.7 Å². The van der Waals surface area contributed by atoms with Crippen molar-refractivity contribution in [3.63, 3.8) is 0 Å². The number of fused-ring (bicyclic) bond motifs is 1. The van der Waals surface area contributed by atoms with Crippen molar-refractivity contribution in [1.29, 1.82) is 0 Å². The van der Waals surface area contributed by atoms with E-state index in [0.717, 1.165) is 9.78 Å². The Bertz CT molecular complexity index is 1240. The maximum absolute atomic E-state index is 12.5. The van der Waals surface area contributed by atoms with E-state index in [1.165, 1.54) is 23.5 Å². The van der Waals surface area contributed by atoms with E-state index in [1.807, 2.05) is 17.5 Å². The van der Waals surface area contributed by atoms with Crippen LogP contribution in [0.3, 0.4) is 0 Å². The number of thiophene rings is 1. The van der Waals surface area contributed by atoms with Crippen LogP contribution in [0.15, 0.2) is 66.0 Å². The summed E-state index contributed by atoms with van der Waals surface area (Å²) in [5.74, 6) is -2.36. The van der Waals surface area contributed by atoms with Gasteiger partial charge in [-0.15, -0.1) is 11.3 Å². The van der Waals surface area contributed by atoms with Crippen LogP contribution in [-0.2, 0) is 22.6 Å². The molecule has 1 aromatic heterocycles. The van der Waals surface area contributed by atoms with Gasteiger partial charge in [0.15, 0.2) is 6.61 Å². The largest absolute Gasteiger partial charge is 0.452 e. The first-order valence-corrected chi connectivity index (χ1v) is 11.1. The molecule has 2 aromatic carbocycles. The van der Waals surface area contributed by atoms with Gasteiger partial charge in [0.1, 0.15) is 0 Å². The fourth-order valence-corrected chi connectivity index (χ4v) is 4.01. The van der Waals surface area contributed by atoms with E-state index in [1.54, 1.807) is 36.4 Å². The molecule has 1 aliphatic heterocycles. The number of hydrogen-bond acceptors (Lipinski definition) is 7. The van der Waals surface area contributed by atoms with Crippen LogP contribution in [0.2, 0.25) is 0 Å². The molecule has 0 aliphatic carbocycles. The van der Waals surface area contributed by atoms with Gasteiger partial charge in [-0.1, -0.05) is 30.3 Å². The molecule has 9 nitrogen and oxygen atoms in total. The molecular formula is C24H19N3O6S. The Balaban J connectivity index is 1.29. The molecule has 0 fully saturated rings. The summed E-state index contributed by atoms with van der Waals surface area (Å²) in [5, 5.41) is 6.48. The maximum atomic E-state index is 12.5. The van der Waals surface area contributed by atoms with E-state index in [2.05, 4.69) is 10.6 Å². The molecule has 0 radical (unpaired) electrons. The molecule has 0 saturated heterocycles. The van der Waals surface area contributed by atoms with Gasteiger partial charge in [-0.3, -0.25) is 24.6 Å². The lowest BCUT2D eigenvalue weighted by molar-refractivity contribution is -0.123. The molecule has 0 spiro atoms. The number of nitrogens with one attached hydrogen (secondary N) is 2. The van der Waals surface area contributed by atoms with Crippen LogP contribution in [-0.4, -0.2) is 41.2 Å². The molecule has 172 valence electrons. The monoisotopic (exact) mass is 477 g/mol. The highest BCUT2D eigenvalue weighted by Crippen LogP contribution is 2.24. The van der Waals surface area contributed by atoms with Crippen LogP contribution < -0.4 is 10.6 Å². The Morgan fingerprint density at radius 1 is 0.912 bits per heavy atom. The van der Waals surface area contributed by atoms with Crippen molar-refractivity contribution in [3.8, 4) is 0 Å². The number of carbonyl (C=O) groups is 5. The summed E-state index contributed by atoms with van der Waals surface area (Å²) < 4.78 is 4.98. The molecule has 0 bridgehead atoms. The predicted octanol–water partition coefficient (Wildman–Crippen LogP) is 2.73. The van der Waals surface area contributed by atoms with Gasteiger partial charge in [-0.25, -0.2) is 9.59 Å². The third-order valence-corrected chi connectivity index (χ3v) is 5.85. The Morgan fingerprint density at radius 2 is 1.65 bits per heavy atom. The summed E-state index contributed by atoms with van der Waals surface area (Å²) >= 11 is 1.47. The van der Waals surface area contributed by atoms with Crippen LogP contribution in [0.1, 0.15) is 41.5 Å². The van der Waals surface area contributed by atoms with Gasteiger partial charge in [0.05, 0.1) is 29.8 Å². The molecule has 0 saturated carbocycles. The third kappa shape index (κ3) is 5.18. The van der Waals surface area contributed by atoms with Crippen molar-refractivity contribution >= 4 is 41.1 Å². The molecule has 5 amide bonds. The van der Waals surface area contributed by atoms with Crippen molar-refractivity contribution in [1.82, 2.24) is 15.5 Å². The third-order valence-electron chi connectivity index (χ3n) is 4.97. The van der Waals surface area contributed by atoms with E-state index >= 15 is 0 Å². The van der Waals surface area contributed by atoms with Gasteiger partial charge >= 0.3 is 12.0 Å². The Labute approximate surface area is 198 Å². The molecule has 2 N–H and O–H groups in total. The second kappa shape index (κ2) is 10.1. The van der Waals surface area contributed by atoms with Crippen LogP contribution in [0.4, 0.5) is 4.79 Å². The normalized spacial score (nSPS) is 12.3. The number of amides is 5. The molecule has 0 unspecified atom stereocenters. The molecule has 4 rings (SSSR count). The summed E-state index contributed by atoms with van der Waals surface area (Å²) in [6.45, 7) is -0.386. The molecule has 1 aliphatic rings. The number of imide groups is 2. The molecular weight excluding hydrogens is 458 g/mol. The number of carbonyl (C=O) groups excluding carboxylic acids is 5. The standard InChI is InChI=1S/C24H19N3O6S/c28-20(26-24(32)25-12-17-7-4-10-34-17)14-33-23(31)16-6-3-5-15(11-16)13-27-21(29)18-8-1-2-9-19(18)22(27)30/h1-11H,12-14H2,(H2,25,26,28,32). The predicted molar refractivity (Wildman–Crippen MR) is 122 cm³/mol. The average molecular weight is 477 g/mol. The number of benzene rings is 2. The summed E-state index contributed by atoms with van der Waals surface area (Å²) in [7, 11) is 0. The molecule has 2 heterocycles. The second-order valence-electron chi connectivity index (χ2n) is 7.33. The lowest BCUT2D eigenvalue weighted by Gasteiger charge is -2.14. The highest BCUT2D eigenvalue weighted by atomic mass is 32.1. The fourth-order valence-electron chi connectivity index (χ4n) is 3.36. The first-order valence-electron chi connectivity index (χ1n) is 10.2. The lowest BCUT2D eigenvalue weighted by atomic mass is 10.1. The van der Waals surface area contributed by atoms with E-state index in [4.69, 9.17) is 4.74 Å². The van der Waals surface area contributed by atoms with Crippen molar-refractivity contribution in [2.24, 2.45) is 0 Å². The second-order valence-corrected chi connectivity index (χ2v) is 8.36. The number of nitrogens with zero attached hydrogens (tertiary/aromatic N) is 1. The minimum absolute atomic E-state index is 0.0155. The first kappa shape index (κ1) is 22.9. The van der Waals surface area contributed by atoms with Crippen molar-refractivity contribution in [3.05, 3.63) is 93.2 Å². The topological polar surface area (TPSA) is 122 Å². The van der Waals surface area contributed by atoms with Crippen molar-refractivity contribution in [2.75, 3.05) is 6.61 Å².